The number of amides is 2. The Balaban J connectivity index is 1.25. The first kappa shape index (κ1) is 44.2. The average molecular weight is 859 g/mol. The van der Waals surface area contributed by atoms with Gasteiger partial charge in [0.25, 0.3) is 11.8 Å². The van der Waals surface area contributed by atoms with E-state index >= 15 is 0 Å². The van der Waals surface area contributed by atoms with E-state index in [-0.39, 0.29) is 35.2 Å². The van der Waals surface area contributed by atoms with Gasteiger partial charge in [-0.1, -0.05) is 29.4 Å². The molecule has 1 saturated heterocycles. The molecule has 1 aromatic heterocycles. The maximum atomic E-state index is 14.5. The van der Waals surface area contributed by atoms with Crippen molar-refractivity contribution in [1.29, 1.82) is 0 Å². The van der Waals surface area contributed by atoms with E-state index in [2.05, 4.69) is 10.5 Å². The lowest BCUT2D eigenvalue weighted by Crippen LogP contribution is -2.52. The van der Waals surface area contributed by atoms with Crippen molar-refractivity contribution in [3.8, 4) is 11.5 Å². The molecule has 0 radical (unpaired) electrons. The summed E-state index contributed by atoms with van der Waals surface area (Å²) in [5.74, 6) is -3.76. The van der Waals surface area contributed by atoms with Crippen molar-refractivity contribution in [3.63, 3.8) is 0 Å². The summed E-state index contributed by atoms with van der Waals surface area (Å²) < 4.78 is 76.7. The summed E-state index contributed by atoms with van der Waals surface area (Å²) in [5.41, 5.74) is -3.51. The lowest BCUT2D eigenvalue weighted by molar-refractivity contribution is -0.0658. The normalized spacial score (nSPS) is 20.1. The van der Waals surface area contributed by atoms with Crippen molar-refractivity contribution < 1.29 is 60.3 Å². The summed E-state index contributed by atoms with van der Waals surface area (Å²) >= 11 is 0. The Morgan fingerprint density at radius 1 is 1.02 bits per heavy atom. The summed E-state index contributed by atoms with van der Waals surface area (Å²) in [4.78, 5) is 62.6. The number of nitrogens with zero attached hydrogens (tertiary/aromatic N) is 3. The van der Waals surface area contributed by atoms with E-state index in [0.29, 0.717) is 25.3 Å². The number of aromatic nitrogens is 1. The van der Waals surface area contributed by atoms with Crippen LogP contribution in [-0.2, 0) is 41.1 Å². The number of nitrogens with one attached hydrogen (secondary N) is 1. The number of carbonyl (C=O) groups is 3. The number of ether oxygens (including phenoxy) is 3. The van der Waals surface area contributed by atoms with E-state index < -0.39 is 97.0 Å². The first-order valence-corrected chi connectivity index (χ1v) is 20.8. The Kier molecular flexibility index (Phi) is 12.5. The van der Waals surface area contributed by atoms with Gasteiger partial charge in [0.1, 0.15) is 29.6 Å². The number of phosphoric acid groups is 1. The van der Waals surface area contributed by atoms with Gasteiger partial charge in [-0.15, -0.1) is 0 Å². The minimum atomic E-state index is -4.22. The molecule has 3 aliphatic heterocycles. The van der Waals surface area contributed by atoms with Gasteiger partial charge in [0.15, 0.2) is 11.3 Å². The number of oxime groups is 1. The maximum Gasteiger partial charge on any atom is 0.531 e. The number of hydrogen-bond acceptors (Lipinski definition) is 13. The second-order valence-corrected chi connectivity index (χ2v) is 18.3. The lowest BCUT2D eigenvalue weighted by Gasteiger charge is -2.42. The number of pyridine rings is 1. The molecule has 1 fully saturated rings. The molecule has 2 aromatic carbocycles. The minimum absolute atomic E-state index is 0.0413. The third-order valence-corrected chi connectivity index (χ3v) is 11.8. The first-order valence-electron chi connectivity index (χ1n) is 19.3. The fraction of sp³-hybridized carbons (Fsp3) is 0.488. The van der Waals surface area contributed by atoms with Crippen LogP contribution in [0.1, 0.15) is 113 Å². The molecule has 3 atom stereocenters. The molecule has 3 aromatic rings. The number of phosphoric ester groups is 1. The molecule has 6 rings (SSSR count). The van der Waals surface area contributed by atoms with Crippen LogP contribution in [0.5, 0.6) is 11.5 Å². The Labute approximate surface area is 345 Å². The van der Waals surface area contributed by atoms with Crippen molar-refractivity contribution >= 4 is 31.5 Å². The quantitative estimate of drug-likeness (QED) is 0.107. The molecule has 19 heteroatoms. The van der Waals surface area contributed by atoms with E-state index in [1.165, 1.54) is 16.8 Å². The summed E-state index contributed by atoms with van der Waals surface area (Å²) in [6, 6.07) is 8.23. The third kappa shape index (κ3) is 9.99. The molecule has 0 saturated carbocycles. The average Bonchev–Trinajstić information content (AvgIpc) is 3.47. The first-order chi connectivity index (χ1) is 28.1. The van der Waals surface area contributed by atoms with Gasteiger partial charge in [-0.05, 0) is 80.4 Å². The van der Waals surface area contributed by atoms with E-state index in [1.807, 2.05) is 13.8 Å². The molecule has 0 aliphatic carbocycles. The number of carbonyl (C=O) groups excluding carboxylic acids is 3. The predicted molar refractivity (Wildman–Crippen MR) is 212 cm³/mol. The maximum absolute atomic E-state index is 14.5. The molecular weight excluding hydrogens is 809 g/mol. The van der Waals surface area contributed by atoms with Crippen molar-refractivity contribution in [2.75, 3.05) is 13.3 Å². The van der Waals surface area contributed by atoms with Crippen LogP contribution in [0.3, 0.4) is 0 Å². The van der Waals surface area contributed by atoms with E-state index in [0.717, 1.165) is 17.8 Å². The van der Waals surface area contributed by atoms with Gasteiger partial charge in [-0.3, -0.25) is 23.4 Å². The van der Waals surface area contributed by atoms with E-state index in [1.54, 1.807) is 64.6 Å². The molecule has 324 valence electrons. The van der Waals surface area contributed by atoms with Gasteiger partial charge in [0.2, 0.25) is 18.0 Å². The molecule has 60 heavy (non-hydrogen) atoms. The summed E-state index contributed by atoms with van der Waals surface area (Å²) in [6.45, 7) is 12.2. The van der Waals surface area contributed by atoms with Gasteiger partial charge in [-0.25, -0.2) is 18.1 Å². The Morgan fingerprint density at radius 2 is 1.72 bits per heavy atom. The largest absolute Gasteiger partial charge is 0.531 e. The lowest BCUT2D eigenvalue weighted by atomic mass is 9.84. The molecule has 16 nitrogen and oxygen atoms in total. The molecule has 4 heterocycles. The number of hydrogen-bond donors (Lipinski definition) is 1. The third-order valence-electron chi connectivity index (χ3n) is 9.80. The molecule has 3 aliphatic rings. The van der Waals surface area contributed by atoms with E-state index in [9.17, 15) is 32.5 Å². The standard InChI is InChI=1S/C41H49F2N4O12P/c1-24-18-41(57-45-24)16-15-25(2)46-21-32(41)47-20-29(36(49)44-19-26-13-14-28(42)17-30(26)43)34(48)35(33(47)37(46)50)54-23-55-38(51)53-22-27-11-9-10-12-31(27)56-60(52,58-39(3,4)5)59-40(6,7)8/h9-14,17,20,25,32H,15-16,18-19,21-23H2,1-8H3,(H,44,49)/t25-,32+,41-/m0/s1. The van der Waals surface area contributed by atoms with Crippen molar-refractivity contribution in [3.05, 3.63) is 92.9 Å². The number of para-hydroxylation sites is 1. The Hall–Kier alpha value is -5.32. The molecule has 2 bridgehead atoms. The van der Waals surface area contributed by atoms with Gasteiger partial charge in [0.05, 0.1) is 23.0 Å². The van der Waals surface area contributed by atoms with Gasteiger partial charge < -0.3 is 38.4 Å². The fourth-order valence-corrected chi connectivity index (χ4v) is 9.09. The molecular formula is C41H49F2N4O12P. The highest BCUT2D eigenvalue weighted by Gasteiger charge is 2.54. The number of benzene rings is 2. The van der Waals surface area contributed by atoms with Crippen molar-refractivity contribution in [1.82, 2.24) is 14.8 Å². The van der Waals surface area contributed by atoms with Crippen molar-refractivity contribution in [2.45, 2.75) is 117 Å². The Bertz CT molecular complexity index is 2290. The highest BCUT2D eigenvalue weighted by atomic mass is 31.2. The van der Waals surface area contributed by atoms with Crippen LogP contribution in [0.4, 0.5) is 13.6 Å². The van der Waals surface area contributed by atoms with Crippen molar-refractivity contribution in [2.24, 2.45) is 5.16 Å². The zero-order chi connectivity index (χ0) is 43.8. The predicted octanol–water partition coefficient (Wildman–Crippen LogP) is 7.58. The van der Waals surface area contributed by atoms with Crippen LogP contribution in [0.15, 0.2) is 58.6 Å². The molecule has 1 spiro atoms. The number of rotatable bonds is 12. The Morgan fingerprint density at radius 3 is 2.37 bits per heavy atom. The molecule has 0 unspecified atom stereocenters. The molecule has 1 N–H and O–H groups in total. The SMILES string of the molecule is CC1=NO[C@@]2(CC[C@H](C)N3C[C@H]2n2cc(C(=O)NCc4ccc(F)cc4F)c(=O)c(OCOC(=O)OCc4ccccc4OP(=O)(OC(C)(C)C)OC(C)(C)C)c2C3=O)C1. The summed E-state index contributed by atoms with van der Waals surface area (Å²) in [7, 11) is -4.22. The summed E-state index contributed by atoms with van der Waals surface area (Å²) in [5, 5.41) is 6.70. The van der Waals surface area contributed by atoms with Crippen LogP contribution < -0.4 is 20.0 Å². The zero-order valence-corrected chi connectivity index (χ0v) is 35.6. The van der Waals surface area contributed by atoms with Crippen LogP contribution >= 0.6 is 7.82 Å². The van der Waals surface area contributed by atoms with Gasteiger partial charge in [-0.2, -0.15) is 0 Å². The van der Waals surface area contributed by atoms with Crippen LogP contribution in [-0.4, -0.2) is 69.3 Å². The van der Waals surface area contributed by atoms with Crippen LogP contribution in [0, 0.1) is 11.6 Å². The minimum Gasteiger partial charge on any atom is -0.451 e. The zero-order valence-electron chi connectivity index (χ0n) is 34.7. The number of fused-ring (bicyclic) bond motifs is 5. The van der Waals surface area contributed by atoms with Gasteiger partial charge >= 0.3 is 14.0 Å². The summed E-state index contributed by atoms with van der Waals surface area (Å²) in [6.07, 6.45) is 1.43. The van der Waals surface area contributed by atoms with Gasteiger partial charge in [0, 0.05) is 48.9 Å². The second-order valence-electron chi connectivity index (χ2n) is 16.9. The highest BCUT2D eigenvalue weighted by Crippen LogP contribution is 2.55. The van der Waals surface area contributed by atoms with Crippen LogP contribution in [0.25, 0.3) is 0 Å². The second kappa shape index (κ2) is 17.0. The smallest absolute Gasteiger partial charge is 0.451 e. The topological polar surface area (TPSA) is 183 Å². The fourth-order valence-electron chi connectivity index (χ4n) is 7.22. The number of halogens is 2. The van der Waals surface area contributed by atoms with Crippen LogP contribution in [0.2, 0.25) is 0 Å². The highest BCUT2D eigenvalue weighted by molar-refractivity contribution is 7.49. The van der Waals surface area contributed by atoms with E-state index in [4.69, 9.17) is 32.6 Å². The monoisotopic (exact) mass is 858 g/mol. The molecule has 2 amide bonds.